The van der Waals surface area contributed by atoms with Crippen molar-refractivity contribution in [2.75, 3.05) is 6.54 Å². The Kier molecular flexibility index (Phi) is 13.9. The quantitative estimate of drug-likeness (QED) is 0.138. The maximum atomic E-state index is 13.8. The fourth-order valence-electron chi connectivity index (χ4n) is 5.62. The molecule has 254 valence electrons. The number of likely N-dealkylation sites (tertiary alicyclic amines) is 1. The molecule has 2 aromatic carbocycles. The molecule has 1 heterocycles. The highest BCUT2D eigenvalue weighted by Gasteiger charge is 2.38. The van der Waals surface area contributed by atoms with Crippen molar-refractivity contribution >= 4 is 35.4 Å². The van der Waals surface area contributed by atoms with Crippen LogP contribution in [0.15, 0.2) is 60.7 Å². The highest BCUT2D eigenvalue weighted by atomic mass is 16.2. The number of nitrogens with one attached hydrogen (secondary N) is 3. The number of benzene rings is 2. The van der Waals surface area contributed by atoms with Gasteiger partial charge in [-0.15, -0.1) is 0 Å². The Hall–Kier alpha value is -4.78. The molecule has 5 atom stereocenters. The number of amides is 6. The molecule has 1 aliphatic rings. The average Bonchev–Trinajstić information content (AvgIpc) is 3.53. The molecule has 2 aromatic rings. The average molecular weight is 650 g/mol. The van der Waals surface area contributed by atoms with Crippen LogP contribution in [0.3, 0.4) is 0 Å². The Labute approximate surface area is 275 Å². The molecule has 3 rings (SSSR count). The minimum atomic E-state index is -1.20. The fourth-order valence-corrected chi connectivity index (χ4v) is 5.62. The third kappa shape index (κ3) is 11.5. The molecule has 0 aromatic heterocycles. The molecule has 1 saturated heterocycles. The number of carbonyl (C=O) groups excluding carboxylic acids is 6. The predicted molar refractivity (Wildman–Crippen MR) is 176 cm³/mol. The van der Waals surface area contributed by atoms with E-state index >= 15 is 0 Å². The Balaban J connectivity index is 1.82. The molecule has 0 spiro atoms. The van der Waals surface area contributed by atoms with Gasteiger partial charge in [-0.3, -0.25) is 28.8 Å². The van der Waals surface area contributed by atoms with Gasteiger partial charge in [0.15, 0.2) is 0 Å². The van der Waals surface area contributed by atoms with Gasteiger partial charge in [-0.2, -0.15) is 0 Å². The van der Waals surface area contributed by atoms with E-state index in [0.717, 1.165) is 11.1 Å². The van der Waals surface area contributed by atoms with Crippen LogP contribution in [0.5, 0.6) is 0 Å². The summed E-state index contributed by atoms with van der Waals surface area (Å²) in [5.74, 6) is -3.68. The van der Waals surface area contributed by atoms with E-state index in [-0.39, 0.29) is 44.6 Å². The number of hydrogen-bond donors (Lipinski definition) is 6. The van der Waals surface area contributed by atoms with Crippen LogP contribution in [0.25, 0.3) is 0 Å². The van der Waals surface area contributed by atoms with E-state index in [0.29, 0.717) is 12.8 Å². The van der Waals surface area contributed by atoms with Crippen molar-refractivity contribution in [2.45, 2.75) is 89.0 Å². The van der Waals surface area contributed by atoms with E-state index in [9.17, 15) is 28.8 Å². The summed E-state index contributed by atoms with van der Waals surface area (Å²) in [6, 6.07) is 13.2. The second kappa shape index (κ2) is 17.8. The molecule has 6 amide bonds. The van der Waals surface area contributed by atoms with Gasteiger partial charge in [0.05, 0.1) is 6.04 Å². The van der Waals surface area contributed by atoms with Crippen molar-refractivity contribution in [3.05, 3.63) is 71.8 Å². The summed E-state index contributed by atoms with van der Waals surface area (Å²) in [7, 11) is 0. The monoisotopic (exact) mass is 649 g/mol. The van der Waals surface area contributed by atoms with Gasteiger partial charge < -0.3 is 38.1 Å². The smallest absolute Gasteiger partial charge is 0.245 e. The maximum Gasteiger partial charge on any atom is 0.245 e. The minimum Gasteiger partial charge on any atom is -0.370 e. The number of hydrogen-bond acceptors (Lipinski definition) is 7. The molecule has 9 N–H and O–H groups in total. The second-order valence-corrected chi connectivity index (χ2v) is 12.4. The third-order valence-corrected chi connectivity index (χ3v) is 8.05. The number of rotatable bonds is 17. The first-order valence-electron chi connectivity index (χ1n) is 16.0. The van der Waals surface area contributed by atoms with Gasteiger partial charge in [0.25, 0.3) is 0 Å². The van der Waals surface area contributed by atoms with Crippen molar-refractivity contribution in [3.63, 3.8) is 0 Å². The van der Waals surface area contributed by atoms with Gasteiger partial charge in [-0.05, 0) is 49.1 Å². The first kappa shape index (κ1) is 36.7. The predicted octanol–water partition coefficient (Wildman–Crippen LogP) is 0.0414. The van der Waals surface area contributed by atoms with Gasteiger partial charge in [0.1, 0.15) is 24.2 Å². The van der Waals surface area contributed by atoms with Gasteiger partial charge in [0.2, 0.25) is 35.4 Å². The molecular formula is C34H47N7O6. The van der Waals surface area contributed by atoms with Crippen LogP contribution < -0.4 is 33.2 Å². The second-order valence-electron chi connectivity index (χ2n) is 12.4. The van der Waals surface area contributed by atoms with Crippen molar-refractivity contribution < 1.29 is 28.8 Å². The molecular weight excluding hydrogens is 602 g/mol. The van der Waals surface area contributed by atoms with Crippen molar-refractivity contribution in [1.82, 2.24) is 20.9 Å². The molecule has 0 radical (unpaired) electrons. The molecule has 0 bridgehead atoms. The SMILES string of the molecule is CC(C)CC(NC(=O)C(N)Cc1ccccc1)C(=O)NC(Cc1ccccc1)C(=O)NC(CCC(N)=O)C(=O)N1CCCC1C(N)=O. The molecule has 1 fully saturated rings. The zero-order chi connectivity index (χ0) is 34.5. The van der Waals surface area contributed by atoms with E-state index in [4.69, 9.17) is 17.2 Å². The zero-order valence-corrected chi connectivity index (χ0v) is 27.0. The standard InChI is InChI=1S/C34H47N7O6/c1-21(2)18-26(39-31(44)24(35)19-22-10-5-3-6-11-22)32(45)40-27(20-23-12-7-4-8-13-23)33(46)38-25(15-16-29(36)42)34(47)41-17-9-14-28(41)30(37)43/h3-8,10-13,21,24-28H,9,14-20,35H2,1-2H3,(H2,36,42)(H2,37,43)(H,38,46)(H,39,44)(H,40,45). The van der Waals surface area contributed by atoms with Gasteiger partial charge in [0, 0.05) is 19.4 Å². The summed E-state index contributed by atoms with van der Waals surface area (Å²) in [4.78, 5) is 79.2. The highest BCUT2D eigenvalue weighted by Crippen LogP contribution is 2.19. The van der Waals surface area contributed by atoms with Crippen LogP contribution in [-0.4, -0.2) is 77.1 Å². The van der Waals surface area contributed by atoms with Crippen molar-refractivity contribution in [2.24, 2.45) is 23.1 Å². The van der Waals surface area contributed by atoms with Crippen LogP contribution >= 0.6 is 0 Å². The normalized spacial score (nSPS) is 16.9. The van der Waals surface area contributed by atoms with Crippen LogP contribution in [0.4, 0.5) is 0 Å². The maximum absolute atomic E-state index is 13.8. The Morgan fingerprint density at radius 1 is 0.766 bits per heavy atom. The largest absolute Gasteiger partial charge is 0.370 e. The molecule has 0 saturated carbocycles. The van der Waals surface area contributed by atoms with E-state index in [1.807, 2.05) is 50.2 Å². The lowest BCUT2D eigenvalue weighted by atomic mass is 9.99. The Morgan fingerprint density at radius 3 is 1.85 bits per heavy atom. The fraction of sp³-hybridized carbons (Fsp3) is 0.471. The van der Waals surface area contributed by atoms with E-state index in [2.05, 4.69) is 16.0 Å². The first-order valence-corrected chi connectivity index (χ1v) is 16.0. The summed E-state index contributed by atoms with van der Waals surface area (Å²) in [6.45, 7) is 4.07. The third-order valence-electron chi connectivity index (χ3n) is 8.05. The molecule has 1 aliphatic heterocycles. The van der Waals surface area contributed by atoms with E-state index in [1.165, 1.54) is 4.90 Å². The minimum absolute atomic E-state index is 0.00672. The van der Waals surface area contributed by atoms with Gasteiger partial charge >= 0.3 is 0 Å². The summed E-state index contributed by atoms with van der Waals surface area (Å²) in [6.07, 6.45) is 1.25. The number of nitrogens with zero attached hydrogens (tertiary/aromatic N) is 1. The summed E-state index contributed by atoms with van der Waals surface area (Å²) >= 11 is 0. The van der Waals surface area contributed by atoms with E-state index in [1.54, 1.807) is 24.3 Å². The van der Waals surface area contributed by atoms with Crippen LogP contribution in [-0.2, 0) is 41.6 Å². The lowest BCUT2D eigenvalue weighted by molar-refractivity contribution is -0.141. The molecule has 5 unspecified atom stereocenters. The van der Waals surface area contributed by atoms with Crippen LogP contribution in [0.1, 0.15) is 57.1 Å². The summed E-state index contributed by atoms with van der Waals surface area (Å²) < 4.78 is 0. The number of primary amides is 2. The topological polar surface area (TPSA) is 220 Å². The van der Waals surface area contributed by atoms with Crippen LogP contribution in [0, 0.1) is 5.92 Å². The first-order chi connectivity index (χ1) is 22.3. The summed E-state index contributed by atoms with van der Waals surface area (Å²) in [5, 5.41) is 8.22. The molecule has 13 nitrogen and oxygen atoms in total. The number of nitrogens with two attached hydrogens (primary N) is 3. The van der Waals surface area contributed by atoms with Crippen LogP contribution in [0.2, 0.25) is 0 Å². The van der Waals surface area contributed by atoms with Gasteiger partial charge in [-0.25, -0.2) is 0 Å². The van der Waals surface area contributed by atoms with Crippen molar-refractivity contribution in [1.29, 1.82) is 0 Å². The van der Waals surface area contributed by atoms with Gasteiger partial charge in [-0.1, -0.05) is 74.5 Å². The lowest BCUT2D eigenvalue weighted by Crippen LogP contribution is -2.59. The number of carbonyl (C=O) groups is 6. The van der Waals surface area contributed by atoms with Crippen molar-refractivity contribution in [3.8, 4) is 0 Å². The van der Waals surface area contributed by atoms with E-state index < -0.39 is 65.7 Å². The molecule has 0 aliphatic carbocycles. The molecule has 13 heteroatoms. The highest BCUT2D eigenvalue weighted by molar-refractivity contribution is 5.96. The summed E-state index contributed by atoms with van der Waals surface area (Å²) in [5.41, 5.74) is 18.7. The lowest BCUT2D eigenvalue weighted by Gasteiger charge is -2.29. The zero-order valence-electron chi connectivity index (χ0n) is 27.0. The Morgan fingerprint density at radius 2 is 1.30 bits per heavy atom. The molecule has 47 heavy (non-hydrogen) atoms. The Bertz CT molecular complexity index is 1390.